The molecule has 2 heterocycles. The number of anilines is 3. The fourth-order valence-corrected chi connectivity index (χ4v) is 2.65. The average molecular weight is 275 g/mol. The van der Waals surface area contributed by atoms with Crippen LogP contribution in [0.25, 0.3) is 0 Å². The number of hydrogen-bond donors (Lipinski definition) is 2. The van der Waals surface area contributed by atoms with E-state index in [1.54, 1.807) is 0 Å². The molecule has 0 unspecified atom stereocenters. The van der Waals surface area contributed by atoms with Crippen LogP contribution in [0.2, 0.25) is 0 Å². The van der Waals surface area contributed by atoms with Crippen molar-refractivity contribution >= 4 is 33.8 Å². The summed E-state index contributed by atoms with van der Waals surface area (Å²) < 4.78 is 3.94. The van der Waals surface area contributed by atoms with Gasteiger partial charge >= 0.3 is 0 Å². The summed E-state index contributed by atoms with van der Waals surface area (Å²) in [6.07, 6.45) is 0. The Hall–Kier alpha value is -2.15. The van der Waals surface area contributed by atoms with Gasteiger partial charge in [0.25, 0.3) is 0 Å². The fraction of sp³-hybridized carbons (Fsp3) is 0.250. The molecule has 0 spiro atoms. The molecule has 6 nitrogen and oxygen atoms in total. The molecule has 0 saturated carbocycles. The summed E-state index contributed by atoms with van der Waals surface area (Å²) in [5, 5.41) is 11.0. The van der Waals surface area contributed by atoms with Crippen molar-refractivity contribution in [3.8, 4) is 0 Å². The smallest absolute Gasteiger partial charge is 0.243 e. The quantitative estimate of drug-likeness (QED) is 0.889. The molecule has 2 N–H and O–H groups in total. The van der Waals surface area contributed by atoms with Crippen LogP contribution in [-0.4, -0.2) is 29.1 Å². The van der Waals surface area contributed by atoms with Crippen LogP contribution >= 0.6 is 11.5 Å². The highest BCUT2D eigenvalue weighted by Gasteiger charge is 2.23. The monoisotopic (exact) mass is 275 g/mol. The van der Waals surface area contributed by atoms with Crippen LogP contribution in [0.5, 0.6) is 0 Å². The van der Waals surface area contributed by atoms with Gasteiger partial charge in [-0.3, -0.25) is 4.79 Å². The molecular formula is C12H13N5OS. The van der Waals surface area contributed by atoms with Crippen molar-refractivity contribution in [1.82, 2.24) is 9.59 Å². The number of amides is 1. The van der Waals surface area contributed by atoms with Crippen LogP contribution in [0.1, 0.15) is 5.69 Å². The Morgan fingerprint density at radius 2 is 2.32 bits per heavy atom. The lowest BCUT2D eigenvalue weighted by Gasteiger charge is -2.30. The number of fused-ring (bicyclic) bond motifs is 1. The number of benzene rings is 1. The Morgan fingerprint density at radius 1 is 1.47 bits per heavy atom. The first-order chi connectivity index (χ1) is 9.28. The highest BCUT2D eigenvalue weighted by Crippen LogP contribution is 2.31. The molecule has 1 aromatic carbocycles. The van der Waals surface area contributed by atoms with Gasteiger partial charge in [0.2, 0.25) is 5.91 Å². The molecule has 0 aliphatic carbocycles. The number of nitrogens with zero attached hydrogens (tertiary/aromatic N) is 3. The predicted octanol–water partition coefficient (Wildman–Crippen LogP) is 1.54. The molecule has 1 aliphatic rings. The Balaban J connectivity index is 1.91. The summed E-state index contributed by atoms with van der Waals surface area (Å²) in [5.74, 6) is -0.00658. The van der Waals surface area contributed by atoms with Crippen LogP contribution < -0.4 is 15.5 Å². The Labute approximate surface area is 114 Å². The van der Waals surface area contributed by atoms with Crippen molar-refractivity contribution in [2.45, 2.75) is 6.54 Å². The lowest BCUT2D eigenvalue weighted by atomic mass is 10.2. The first kappa shape index (κ1) is 11.9. The second-order valence-corrected chi connectivity index (χ2v) is 4.97. The molecule has 0 radical (unpaired) electrons. The number of para-hydroxylation sites is 2. The van der Waals surface area contributed by atoms with Gasteiger partial charge in [-0.2, -0.15) is 0 Å². The van der Waals surface area contributed by atoms with Gasteiger partial charge in [-0.05, 0) is 12.1 Å². The first-order valence-corrected chi connectivity index (χ1v) is 6.68. The van der Waals surface area contributed by atoms with Gasteiger partial charge in [0.15, 0.2) is 0 Å². The molecule has 1 aliphatic heterocycles. The van der Waals surface area contributed by atoms with Crippen LogP contribution in [0.3, 0.4) is 0 Å². The highest BCUT2D eigenvalue weighted by molar-refractivity contribution is 7.10. The maximum Gasteiger partial charge on any atom is 0.243 e. The third-order valence-electron chi connectivity index (χ3n) is 2.98. The largest absolute Gasteiger partial charge is 0.377 e. The molecule has 0 saturated heterocycles. The summed E-state index contributed by atoms with van der Waals surface area (Å²) in [5.41, 5.74) is 2.71. The van der Waals surface area contributed by atoms with E-state index < -0.39 is 0 Å². The van der Waals surface area contributed by atoms with Gasteiger partial charge in [0.05, 0.1) is 24.5 Å². The Bertz CT molecular complexity index is 612. The molecule has 19 heavy (non-hydrogen) atoms. The molecule has 0 bridgehead atoms. The third kappa shape index (κ3) is 2.24. The minimum atomic E-state index is -0.00658. The predicted molar refractivity (Wildman–Crippen MR) is 75.6 cm³/mol. The van der Waals surface area contributed by atoms with E-state index in [9.17, 15) is 4.79 Å². The zero-order chi connectivity index (χ0) is 13.2. The van der Waals surface area contributed by atoms with E-state index in [1.807, 2.05) is 36.2 Å². The standard InChI is InChI=1S/C12H13N5OS/c1-13-12-9(15-16-19-12)6-17-7-11(18)14-8-4-2-3-5-10(8)17/h2-5,13H,6-7H2,1H3,(H,14,18). The highest BCUT2D eigenvalue weighted by atomic mass is 32.1. The normalized spacial score (nSPS) is 13.9. The molecule has 1 aromatic heterocycles. The third-order valence-corrected chi connectivity index (χ3v) is 3.76. The Kier molecular flexibility index (Phi) is 3.04. The van der Waals surface area contributed by atoms with Gasteiger partial charge in [-0.25, -0.2) is 0 Å². The second kappa shape index (κ2) is 4.85. The van der Waals surface area contributed by atoms with E-state index in [1.165, 1.54) is 11.5 Å². The minimum absolute atomic E-state index is 0.00658. The van der Waals surface area contributed by atoms with Gasteiger partial charge in [0, 0.05) is 18.6 Å². The maximum absolute atomic E-state index is 11.7. The second-order valence-electron chi connectivity index (χ2n) is 4.22. The van der Waals surface area contributed by atoms with Gasteiger partial charge < -0.3 is 15.5 Å². The molecule has 98 valence electrons. The number of hydrogen-bond acceptors (Lipinski definition) is 6. The topological polar surface area (TPSA) is 70.2 Å². The summed E-state index contributed by atoms with van der Waals surface area (Å²) in [4.78, 5) is 13.7. The molecular weight excluding hydrogens is 262 g/mol. The number of rotatable bonds is 3. The molecule has 0 fully saturated rings. The van der Waals surface area contributed by atoms with Crippen LogP contribution in [0, 0.1) is 0 Å². The van der Waals surface area contributed by atoms with Crippen LogP contribution in [0.4, 0.5) is 16.4 Å². The number of carbonyl (C=O) groups excluding carboxylic acids is 1. The SMILES string of the molecule is CNc1snnc1CN1CC(=O)Nc2ccccc21. The molecule has 0 atom stereocenters. The van der Waals surface area contributed by atoms with Crippen molar-refractivity contribution in [2.75, 3.05) is 29.1 Å². The summed E-state index contributed by atoms with van der Waals surface area (Å²) in [6, 6.07) is 7.76. The van der Waals surface area contributed by atoms with Crippen molar-refractivity contribution in [3.05, 3.63) is 30.0 Å². The summed E-state index contributed by atoms with van der Waals surface area (Å²) >= 11 is 1.32. The fourth-order valence-electron chi connectivity index (χ4n) is 2.13. The average Bonchev–Trinajstić information content (AvgIpc) is 2.86. The van der Waals surface area contributed by atoms with E-state index in [-0.39, 0.29) is 5.91 Å². The zero-order valence-corrected chi connectivity index (χ0v) is 11.2. The molecule has 2 aromatic rings. The lowest BCUT2D eigenvalue weighted by molar-refractivity contribution is -0.115. The minimum Gasteiger partial charge on any atom is -0.377 e. The number of carbonyl (C=O) groups is 1. The zero-order valence-electron chi connectivity index (χ0n) is 10.4. The van der Waals surface area contributed by atoms with Crippen LogP contribution in [-0.2, 0) is 11.3 Å². The lowest BCUT2D eigenvalue weighted by Crippen LogP contribution is -2.37. The summed E-state index contributed by atoms with van der Waals surface area (Å²) in [7, 11) is 1.84. The van der Waals surface area contributed by atoms with Crippen molar-refractivity contribution in [3.63, 3.8) is 0 Å². The number of aromatic nitrogens is 2. The molecule has 3 rings (SSSR count). The van der Waals surface area contributed by atoms with Crippen molar-refractivity contribution < 1.29 is 4.79 Å². The van der Waals surface area contributed by atoms with E-state index in [2.05, 4.69) is 20.2 Å². The maximum atomic E-state index is 11.7. The van der Waals surface area contributed by atoms with E-state index in [0.717, 1.165) is 22.1 Å². The number of nitrogens with one attached hydrogen (secondary N) is 2. The van der Waals surface area contributed by atoms with E-state index in [4.69, 9.17) is 0 Å². The summed E-state index contributed by atoms with van der Waals surface area (Å²) in [6.45, 7) is 0.898. The van der Waals surface area contributed by atoms with Gasteiger partial charge in [0.1, 0.15) is 10.7 Å². The van der Waals surface area contributed by atoms with Gasteiger partial charge in [-0.1, -0.05) is 16.6 Å². The Morgan fingerprint density at radius 3 is 3.16 bits per heavy atom. The molecule has 1 amide bonds. The molecule has 7 heteroatoms. The van der Waals surface area contributed by atoms with Gasteiger partial charge in [-0.15, -0.1) is 5.10 Å². The first-order valence-electron chi connectivity index (χ1n) is 5.90. The van der Waals surface area contributed by atoms with E-state index >= 15 is 0 Å². The van der Waals surface area contributed by atoms with E-state index in [0.29, 0.717) is 13.1 Å². The van der Waals surface area contributed by atoms with Crippen molar-refractivity contribution in [2.24, 2.45) is 0 Å². The van der Waals surface area contributed by atoms with Crippen LogP contribution in [0.15, 0.2) is 24.3 Å². The van der Waals surface area contributed by atoms with Crippen molar-refractivity contribution in [1.29, 1.82) is 0 Å².